The zero-order chi connectivity index (χ0) is 13.2. The van der Waals surface area contributed by atoms with Crippen LogP contribution in [0.3, 0.4) is 0 Å². The molecular formula is C11H15ClF3N3O. The van der Waals surface area contributed by atoms with Crippen LogP contribution in [-0.2, 0) is 30.3 Å². The largest absolute Gasteiger partial charge is 0.433 e. The number of hydrogen-bond donors (Lipinski definition) is 1. The molecule has 2 rings (SSSR count). The molecule has 4 nitrogen and oxygen atoms in total. The van der Waals surface area contributed by atoms with Gasteiger partial charge < -0.3 is 10.1 Å². The summed E-state index contributed by atoms with van der Waals surface area (Å²) in [4.78, 5) is 7.82. The standard InChI is InChI=1S/C11H14F3N3O.ClH/c1-18-5-3-9-16-8-6-15-4-2-7(8)10(17-9)11(12,13)14;/h15H,2-6H2,1H3;1H. The quantitative estimate of drug-likeness (QED) is 0.923. The maximum absolute atomic E-state index is 12.9. The monoisotopic (exact) mass is 297 g/mol. The van der Waals surface area contributed by atoms with Crippen molar-refractivity contribution in [3.05, 3.63) is 22.8 Å². The highest BCUT2D eigenvalue weighted by Crippen LogP contribution is 2.32. The fourth-order valence-electron chi connectivity index (χ4n) is 1.95. The second-order valence-electron chi connectivity index (χ2n) is 4.08. The average molecular weight is 298 g/mol. The third-order valence-electron chi connectivity index (χ3n) is 2.78. The van der Waals surface area contributed by atoms with Crippen LogP contribution < -0.4 is 5.32 Å². The third-order valence-corrected chi connectivity index (χ3v) is 2.78. The van der Waals surface area contributed by atoms with Crippen molar-refractivity contribution in [2.24, 2.45) is 0 Å². The van der Waals surface area contributed by atoms with Gasteiger partial charge >= 0.3 is 6.18 Å². The summed E-state index contributed by atoms with van der Waals surface area (Å²) in [5.74, 6) is 0.187. The van der Waals surface area contributed by atoms with Gasteiger partial charge in [-0.2, -0.15) is 13.2 Å². The molecule has 0 saturated carbocycles. The van der Waals surface area contributed by atoms with E-state index >= 15 is 0 Å². The number of aromatic nitrogens is 2. The van der Waals surface area contributed by atoms with E-state index in [1.807, 2.05) is 0 Å². The summed E-state index contributed by atoms with van der Waals surface area (Å²) < 4.78 is 43.6. The molecule has 8 heteroatoms. The molecule has 1 aromatic heterocycles. The Kier molecular flexibility index (Phi) is 5.51. The zero-order valence-electron chi connectivity index (χ0n) is 10.4. The van der Waals surface area contributed by atoms with Crippen molar-refractivity contribution in [3.8, 4) is 0 Å². The Bertz CT molecular complexity index is 440. The van der Waals surface area contributed by atoms with Gasteiger partial charge in [0, 0.05) is 25.6 Å². The lowest BCUT2D eigenvalue weighted by molar-refractivity contribution is -0.142. The van der Waals surface area contributed by atoms with Crippen molar-refractivity contribution in [1.29, 1.82) is 0 Å². The molecule has 0 spiro atoms. The lowest BCUT2D eigenvalue weighted by atomic mass is 10.0. The maximum atomic E-state index is 12.9. The number of nitrogens with one attached hydrogen (secondary N) is 1. The van der Waals surface area contributed by atoms with Gasteiger partial charge in [-0.1, -0.05) is 0 Å². The molecule has 108 valence electrons. The molecule has 0 radical (unpaired) electrons. The lowest BCUT2D eigenvalue weighted by Gasteiger charge is -2.21. The minimum absolute atomic E-state index is 0. The first-order chi connectivity index (χ1) is 8.52. The van der Waals surface area contributed by atoms with Crippen molar-refractivity contribution < 1.29 is 17.9 Å². The SMILES string of the molecule is COCCc1nc2c(c(C(F)(F)F)n1)CCNC2.Cl. The van der Waals surface area contributed by atoms with E-state index in [-0.39, 0.29) is 30.2 Å². The smallest absolute Gasteiger partial charge is 0.384 e. The summed E-state index contributed by atoms with van der Waals surface area (Å²) in [6.07, 6.45) is -3.83. The Morgan fingerprint density at radius 2 is 2.05 bits per heavy atom. The van der Waals surface area contributed by atoms with E-state index < -0.39 is 11.9 Å². The molecule has 0 unspecified atom stereocenters. The summed E-state index contributed by atoms with van der Waals surface area (Å²) in [6.45, 7) is 1.20. The molecule has 0 aromatic carbocycles. The van der Waals surface area contributed by atoms with Gasteiger partial charge in [0.15, 0.2) is 5.69 Å². The normalized spacial score (nSPS) is 14.7. The van der Waals surface area contributed by atoms with E-state index in [1.165, 1.54) is 7.11 Å². The summed E-state index contributed by atoms with van der Waals surface area (Å²) in [5, 5.41) is 3.01. The molecule has 1 aromatic rings. The summed E-state index contributed by atoms with van der Waals surface area (Å²) in [6, 6.07) is 0. The van der Waals surface area contributed by atoms with Crippen LogP contribution in [0.25, 0.3) is 0 Å². The predicted molar refractivity (Wildman–Crippen MR) is 65.3 cm³/mol. The topological polar surface area (TPSA) is 47.0 Å². The first-order valence-electron chi connectivity index (χ1n) is 5.68. The Morgan fingerprint density at radius 1 is 1.32 bits per heavy atom. The van der Waals surface area contributed by atoms with Crippen molar-refractivity contribution in [1.82, 2.24) is 15.3 Å². The first kappa shape index (κ1) is 16.1. The highest BCUT2D eigenvalue weighted by atomic mass is 35.5. The fraction of sp³-hybridized carbons (Fsp3) is 0.636. The fourth-order valence-corrected chi connectivity index (χ4v) is 1.95. The highest BCUT2D eigenvalue weighted by molar-refractivity contribution is 5.85. The van der Waals surface area contributed by atoms with E-state index in [0.29, 0.717) is 31.8 Å². The van der Waals surface area contributed by atoms with Gasteiger partial charge in [0.25, 0.3) is 0 Å². The first-order valence-corrected chi connectivity index (χ1v) is 5.68. The van der Waals surface area contributed by atoms with Crippen LogP contribution >= 0.6 is 12.4 Å². The number of rotatable bonds is 3. The van der Waals surface area contributed by atoms with E-state index in [0.717, 1.165) is 0 Å². The Morgan fingerprint density at radius 3 is 2.68 bits per heavy atom. The van der Waals surface area contributed by atoms with Gasteiger partial charge in [-0.15, -0.1) is 12.4 Å². The van der Waals surface area contributed by atoms with Crippen LogP contribution in [-0.4, -0.2) is 30.2 Å². The molecule has 0 aliphatic carbocycles. The molecule has 0 atom stereocenters. The minimum Gasteiger partial charge on any atom is -0.384 e. The second-order valence-corrected chi connectivity index (χ2v) is 4.08. The minimum atomic E-state index is -4.42. The van der Waals surface area contributed by atoms with Gasteiger partial charge in [-0.25, -0.2) is 9.97 Å². The molecule has 2 heterocycles. The van der Waals surface area contributed by atoms with Gasteiger partial charge in [-0.3, -0.25) is 0 Å². The van der Waals surface area contributed by atoms with E-state index in [4.69, 9.17) is 4.74 Å². The number of halogens is 4. The van der Waals surface area contributed by atoms with Gasteiger partial charge in [0.1, 0.15) is 5.82 Å². The Labute approximate surface area is 115 Å². The van der Waals surface area contributed by atoms with E-state index in [9.17, 15) is 13.2 Å². The van der Waals surface area contributed by atoms with Crippen LogP contribution in [0.1, 0.15) is 22.8 Å². The summed E-state index contributed by atoms with van der Waals surface area (Å²) in [5.41, 5.74) is -0.114. The van der Waals surface area contributed by atoms with Gasteiger partial charge in [-0.05, 0) is 13.0 Å². The summed E-state index contributed by atoms with van der Waals surface area (Å²) in [7, 11) is 1.49. The second kappa shape index (κ2) is 6.49. The Balaban J connectivity index is 0.00000180. The van der Waals surface area contributed by atoms with Crippen molar-refractivity contribution in [2.75, 3.05) is 20.3 Å². The molecule has 1 aliphatic heterocycles. The zero-order valence-corrected chi connectivity index (χ0v) is 11.2. The number of nitrogens with zero attached hydrogens (tertiary/aromatic N) is 2. The van der Waals surface area contributed by atoms with Crippen LogP contribution in [0.4, 0.5) is 13.2 Å². The van der Waals surface area contributed by atoms with Crippen LogP contribution in [0, 0.1) is 0 Å². The molecule has 1 aliphatic rings. The number of fused-ring (bicyclic) bond motifs is 1. The number of ether oxygens (including phenoxy) is 1. The van der Waals surface area contributed by atoms with Crippen molar-refractivity contribution in [2.45, 2.75) is 25.6 Å². The molecule has 0 saturated heterocycles. The van der Waals surface area contributed by atoms with Crippen LogP contribution in [0.2, 0.25) is 0 Å². The summed E-state index contributed by atoms with van der Waals surface area (Å²) >= 11 is 0. The Hall–Kier alpha value is -0.920. The van der Waals surface area contributed by atoms with Gasteiger partial charge in [0.05, 0.1) is 12.3 Å². The third kappa shape index (κ3) is 3.77. The molecular weight excluding hydrogens is 283 g/mol. The molecule has 19 heavy (non-hydrogen) atoms. The van der Waals surface area contributed by atoms with Crippen LogP contribution in [0.15, 0.2) is 0 Å². The molecule has 0 amide bonds. The maximum Gasteiger partial charge on any atom is 0.433 e. The average Bonchev–Trinajstić information content (AvgIpc) is 2.34. The molecule has 1 N–H and O–H groups in total. The van der Waals surface area contributed by atoms with Crippen LogP contribution in [0.5, 0.6) is 0 Å². The molecule has 0 fully saturated rings. The molecule has 0 bridgehead atoms. The van der Waals surface area contributed by atoms with Gasteiger partial charge in [0.2, 0.25) is 0 Å². The van der Waals surface area contributed by atoms with Crippen molar-refractivity contribution in [3.63, 3.8) is 0 Å². The van der Waals surface area contributed by atoms with Crippen molar-refractivity contribution >= 4 is 12.4 Å². The number of hydrogen-bond acceptors (Lipinski definition) is 4. The number of alkyl halides is 3. The van der Waals surface area contributed by atoms with E-state index in [1.54, 1.807) is 0 Å². The predicted octanol–water partition coefficient (Wildman–Crippen LogP) is 1.75. The lowest BCUT2D eigenvalue weighted by Crippen LogP contribution is -2.29. The van der Waals surface area contributed by atoms with E-state index in [2.05, 4.69) is 15.3 Å². The highest BCUT2D eigenvalue weighted by Gasteiger charge is 2.37. The number of methoxy groups -OCH3 is 1.